The SMILES string of the molecule is O=C(Cc1cccc(Cl)c1)Nc1nc(CCl)cs1. The fourth-order valence-corrected chi connectivity index (χ4v) is 2.59. The zero-order valence-corrected chi connectivity index (χ0v) is 11.6. The molecule has 0 aliphatic carbocycles. The molecule has 1 aromatic heterocycles. The number of carbonyl (C=O) groups is 1. The molecule has 3 nitrogen and oxygen atoms in total. The summed E-state index contributed by atoms with van der Waals surface area (Å²) in [7, 11) is 0. The second kappa shape index (κ2) is 6.18. The lowest BCUT2D eigenvalue weighted by atomic mass is 10.1. The molecule has 1 heterocycles. The molecule has 0 radical (unpaired) electrons. The van der Waals surface area contributed by atoms with Crippen LogP contribution in [0.1, 0.15) is 11.3 Å². The summed E-state index contributed by atoms with van der Waals surface area (Å²) >= 11 is 12.9. The number of rotatable bonds is 4. The molecule has 0 atom stereocenters. The Morgan fingerprint density at radius 3 is 2.94 bits per heavy atom. The number of thiazole rings is 1. The van der Waals surface area contributed by atoms with Crippen LogP contribution in [0.15, 0.2) is 29.6 Å². The average Bonchev–Trinajstić information content (AvgIpc) is 2.76. The normalized spacial score (nSPS) is 10.3. The molecule has 0 aliphatic rings. The van der Waals surface area contributed by atoms with Crippen molar-refractivity contribution in [2.45, 2.75) is 12.3 Å². The second-order valence-corrected chi connectivity index (χ2v) is 5.19. The smallest absolute Gasteiger partial charge is 0.230 e. The van der Waals surface area contributed by atoms with Crippen molar-refractivity contribution in [2.24, 2.45) is 0 Å². The predicted molar refractivity (Wildman–Crippen MR) is 75.5 cm³/mol. The molecule has 2 aromatic rings. The van der Waals surface area contributed by atoms with Gasteiger partial charge in [0.1, 0.15) is 0 Å². The number of alkyl halides is 1. The van der Waals surface area contributed by atoms with Crippen molar-refractivity contribution in [2.75, 3.05) is 5.32 Å². The molecule has 0 bridgehead atoms. The van der Waals surface area contributed by atoms with E-state index in [4.69, 9.17) is 23.2 Å². The largest absolute Gasteiger partial charge is 0.302 e. The first-order chi connectivity index (χ1) is 8.67. The molecule has 0 fully saturated rings. The molecule has 0 unspecified atom stereocenters. The molecular formula is C12H10Cl2N2OS. The van der Waals surface area contributed by atoms with Crippen molar-refractivity contribution >= 4 is 45.6 Å². The zero-order valence-electron chi connectivity index (χ0n) is 9.32. The molecule has 1 N–H and O–H groups in total. The van der Waals surface area contributed by atoms with E-state index in [1.165, 1.54) is 11.3 Å². The van der Waals surface area contributed by atoms with Gasteiger partial charge in [0.2, 0.25) is 5.91 Å². The maximum atomic E-state index is 11.8. The topological polar surface area (TPSA) is 42.0 Å². The van der Waals surface area contributed by atoms with Crippen LogP contribution in [0.2, 0.25) is 5.02 Å². The number of nitrogens with zero attached hydrogens (tertiary/aromatic N) is 1. The van der Waals surface area contributed by atoms with E-state index in [0.29, 0.717) is 16.0 Å². The number of anilines is 1. The van der Waals surface area contributed by atoms with E-state index >= 15 is 0 Å². The Kier molecular flexibility index (Phi) is 4.58. The van der Waals surface area contributed by atoms with Crippen molar-refractivity contribution in [1.82, 2.24) is 4.98 Å². The van der Waals surface area contributed by atoms with E-state index in [-0.39, 0.29) is 12.3 Å². The fourth-order valence-electron chi connectivity index (χ4n) is 1.42. The summed E-state index contributed by atoms with van der Waals surface area (Å²) in [5.41, 5.74) is 1.63. The van der Waals surface area contributed by atoms with Gasteiger partial charge in [-0.3, -0.25) is 4.79 Å². The highest BCUT2D eigenvalue weighted by molar-refractivity contribution is 7.13. The molecule has 94 valence electrons. The molecule has 1 aromatic carbocycles. The quantitative estimate of drug-likeness (QED) is 0.875. The van der Waals surface area contributed by atoms with Gasteiger partial charge in [-0.05, 0) is 17.7 Å². The van der Waals surface area contributed by atoms with Crippen LogP contribution < -0.4 is 5.32 Å². The molecule has 0 saturated carbocycles. The summed E-state index contributed by atoms with van der Waals surface area (Å²) in [6, 6.07) is 7.22. The highest BCUT2D eigenvalue weighted by atomic mass is 35.5. The molecule has 1 amide bonds. The van der Waals surface area contributed by atoms with Crippen molar-refractivity contribution in [3.05, 3.63) is 45.9 Å². The Bertz CT molecular complexity index is 557. The van der Waals surface area contributed by atoms with Crippen molar-refractivity contribution in [3.8, 4) is 0 Å². The molecule has 6 heteroatoms. The van der Waals surface area contributed by atoms with Gasteiger partial charge in [-0.15, -0.1) is 22.9 Å². The van der Waals surface area contributed by atoms with Gasteiger partial charge in [-0.2, -0.15) is 0 Å². The first kappa shape index (κ1) is 13.3. The van der Waals surface area contributed by atoms with Gasteiger partial charge in [-0.25, -0.2) is 4.98 Å². The number of carbonyl (C=O) groups excluding carboxylic acids is 1. The van der Waals surface area contributed by atoms with Crippen LogP contribution in [0.3, 0.4) is 0 Å². The van der Waals surface area contributed by atoms with Gasteiger partial charge in [-0.1, -0.05) is 23.7 Å². The van der Waals surface area contributed by atoms with Crippen LogP contribution >= 0.6 is 34.5 Å². The molecule has 18 heavy (non-hydrogen) atoms. The van der Waals surface area contributed by atoms with E-state index in [2.05, 4.69) is 10.3 Å². The third-order valence-corrected chi connectivity index (χ3v) is 3.50. The Hall–Kier alpha value is -1.10. The Labute approximate surface area is 119 Å². The molecule has 2 rings (SSSR count). The van der Waals surface area contributed by atoms with Gasteiger partial charge in [0.05, 0.1) is 18.0 Å². The van der Waals surface area contributed by atoms with Gasteiger partial charge >= 0.3 is 0 Å². The predicted octanol–water partition coefficient (Wildman–Crippen LogP) is 3.72. The maximum absolute atomic E-state index is 11.8. The summed E-state index contributed by atoms with van der Waals surface area (Å²) < 4.78 is 0. The van der Waals surface area contributed by atoms with E-state index in [1.807, 2.05) is 17.5 Å². The standard InChI is InChI=1S/C12H10Cl2N2OS/c13-6-10-7-18-12(15-10)16-11(17)5-8-2-1-3-9(14)4-8/h1-4,7H,5-6H2,(H,15,16,17). The minimum absolute atomic E-state index is 0.118. The Balaban J connectivity index is 1.96. The third-order valence-electron chi connectivity index (χ3n) is 2.19. The van der Waals surface area contributed by atoms with E-state index in [0.717, 1.165) is 11.3 Å². The number of nitrogens with one attached hydrogen (secondary N) is 1. The lowest BCUT2D eigenvalue weighted by Gasteiger charge is -2.02. The second-order valence-electron chi connectivity index (χ2n) is 3.63. The summed E-state index contributed by atoms with van der Waals surface area (Å²) in [6.07, 6.45) is 0.274. The number of hydrogen-bond acceptors (Lipinski definition) is 3. The monoisotopic (exact) mass is 300 g/mol. The highest BCUT2D eigenvalue weighted by Crippen LogP contribution is 2.17. The van der Waals surface area contributed by atoms with E-state index < -0.39 is 0 Å². The van der Waals surface area contributed by atoms with Crippen LogP contribution in [-0.4, -0.2) is 10.9 Å². The van der Waals surface area contributed by atoms with Gasteiger partial charge in [0.15, 0.2) is 5.13 Å². The van der Waals surface area contributed by atoms with Crippen LogP contribution in [-0.2, 0) is 17.1 Å². The van der Waals surface area contributed by atoms with E-state index in [1.54, 1.807) is 12.1 Å². The summed E-state index contributed by atoms with van der Waals surface area (Å²) in [6.45, 7) is 0. The number of hydrogen-bond donors (Lipinski definition) is 1. The molecular weight excluding hydrogens is 291 g/mol. The summed E-state index contributed by atoms with van der Waals surface area (Å²) in [4.78, 5) is 15.9. The van der Waals surface area contributed by atoms with Crippen molar-refractivity contribution in [1.29, 1.82) is 0 Å². The van der Waals surface area contributed by atoms with Crippen molar-refractivity contribution < 1.29 is 4.79 Å². The third kappa shape index (κ3) is 3.70. The molecule has 0 spiro atoms. The Morgan fingerprint density at radius 2 is 2.28 bits per heavy atom. The molecule has 0 aliphatic heterocycles. The Morgan fingerprint density at radius 1 is 1.44 bits per heavy atom. The molecule has 0 saturated heterocycles. The first-order valence-electron chi connectivity index (χ1n) is 5.22. The van der Waals surface area contributed by atoms with Gasteiger partial charge < -0.3 is 5.32 Å². The number of amides is 1. The van der Waals surface area contributed by atoms with Crippen molar-refractivity contribution in [3.63, 3.8) is 0 Å². The lowest BCUT2D eigenvalue weighted by molar-refractivity contribution is -0.115. The number of benzene rings is 1. The number of aromatic nitrogens is 1. The van der Waals surface area contributed by atoms with Gasteiger partial charge in [0, 0.05) is 10.4 Å². The van der Waals surface area contributed by atoms with Crippen LogP contribution in [0.5, 0.6) is 0 Å². The lowest BCUT2D eigenvalue weighted by Crippen LogP contribution is -2.14. The maximum Gasteiger partial charge on any atom is 0.230 e. The summed E-state index contributed by atoms with van der Waals surface area (Å²) in [5.74, 6) is 0.230. The zero-order chi connectivity index (χ0) is 13.0. The average molecular weight is 301 g/mol. The summed E-state index contributed by atoms with van der Waals surface area (Å²) in [5, 5.41) is 5.74. The van der Waals surface area contributed by atoms with Crippen LogP contribution in [0.4, 0.5) is 5.13 Å². The fraction of sp³-hybridized carbons (Fsp3) is 0.167. The highest BCUT2D eigenvalue weighted by Gasteiger charge is 2.07. The van der Waals surface area contributed by atoms with E-state index in [9.17, 15) is 4.79 Å². The minimum atomic E-state index is -0.118. The number of halogens is 2. The van der Waals surface area contributed by atoms with Crippen LogP contribution in [0, 0.1) is 0 Å². The first-order valence-corrected chi connectivity index (χ1v) is 7.01. The van der Waals surface area contributed by atoms with Gasteiger partial charge in [0.25, 0.3) is 0 Å². The minimum Gasteiger partial charge on any atom is -0.302 e. The van der Waals surface area contributed by atoms with Crippen LogP contribution in [0.25, 0.3) is 0 Å².